The van der Waals surface area contributed by atoms with Crippen LogP contribution in [0.3, 0.4) is 0 Å². The van der Waals surface area contributed by atoms with E-state index in [0.29, 0.717) is 6.04 Å². The molecule has 2 nitrogen and oxygen atoms in total. The number of benzene rings is 1. The Morgan fingerprint density at radius 2 is 1.95 bits per heavy atom. The molecule has 1 aliphatic heterocycles. The van der Waals surface area contributed by atoms with Crippen LogP contribution in [-0.4, -0.2) is 31.6 Å². The quantitative estimate of drug-likeness (QED) is 0.882. The number of rotatable bonds is 5. The van der Waals surface area contributed by atoms with Gasteiger partial charge in [0.15, 0.2) is 0 Å². The van der Waals surface area contributed by atoms with Gasteiger partial charge in [-0.05, 0) is 75.3 Å². The molecule has 0 amide bonds. The van der Waals surface area contributed by atoms with Gasteiger partial charge < -0.3 is 5.32 Å². The number of nitrogens with zero attached hydrogens (tertiary/aromatic N) is 1. The van der Waals surface area contributed by atoms with Crippen LogP contribution in [0.15, 0.2) is 24.3 Å². The minimum atomic E-state index is 0.588. The van der Waals surface area contributed by atoms with Crippen molar-refractivity contribution in [2.75, 3.05) is 26.7 Å². The van der Waals surface area contributed by atoms with E-state index >= 15 is 0 Å². The molecule has 0 radical (unpaired) electrons. The van der Waals surface area contributed by atoms with E-state index in [9.17, 15) is 0 Å². The molecule has 0 bridgehead atoms. The molecule has 1 aliphatic carbocycles. The lowest BCUT2D eigenvalue weighted by Gasteiger charge is -2.33. The van der Waals surface area contributed by atoms with Crippen molar-refractivity contribution in [3.05, 3.63) is 35.4 Å². The zero-order valence-corrected chi connectivity index (χ0v) is 13.6. The first-order chi connectivity index (χ1) is 10.3. The van der Waals surface area contributed by atoms with Crippen LogP contribution in [0.25, 0.3) is 0 Å². The smallest absolute Gasteiger partial charge is 0.0385 e. The first-order valence-corrected chi connectivity index (χ1v) is 8.80. The molecule has 3 rings (SSSR count). The van der Waals surface area contributed by atoms with Crippen molar-refractivity contribution in [3.8, 4) is 0 Å². The number of nitrogens with one attached hydrogen (secondary N) is 1. The molecule has 2 heteroatoms. The molecule has 1 aromatic carbocycles. The SMILES string of the molecule is CCNCC1CCCCN(C)C1c1cccc(C2CC2)c1. The number of likely N-dealkylation sites (tertiary alicyclic amines) is 1. The number of hydrogen-bond donors (Lipinski definition) is 1. The van der Waals surface area contributed by atoms with Gasteiger partial charge in [0, 0.05) is 6.04 Å². The Kier molecular flexibility index (Phi) is 4.97. The van der Waals surface area contributed by atoms with E-state index in [1.54, 1.807) is 11.1 Å². The van der Waals surface area contributed by atoms with Crippen LogP contribution in [0.2, 0.25) is 0 Å². The Labute approximate surface area is 129 Å². The van der Waals surface area contributed by atoms with E-state index in [2.05, 4.69) is 48.5 Å². The second-order valence-electron chi connectivity index (χ2n) is 6.93. The molecule has 0 aromatic heterocycles. The van der Waals surface area contributed by atoms with Gasteiger partial charge in [-0.3, -0.25) is 4.90 Å². The van der Waals surface area contributed by atoms with E-state index < -0.39 is 0 Å². The highest BCUT2D eigenvalue weighted by Gasteiger charge is 2.30. The Hall–Kier alpha value is -0.860. The summed E-state index contributed by atoms with van der Waals surface area (Å²) in [5, 5.41) is 3.59. The maximum absolute atomic E-state index is 3.59. The van der Waals surface area contributed by atoms with Crippen molar-refractivity contribution < 1.29 is 0 Å². The average Bonchev–Trinajstić information content (AvgIpc) is 3.33. The van der Waals surface area contributed by atoms with Crippen molar-refractivity contribution in [1.82, 2.24) is 10.2 Å². The van der Waals surface area contributed by atoms with Crippen LogP contribution in [0.5, 0.6) is 0 Å². The summed E-state index contributed by atoms with van der Waals surface area (Å²) in [7, 11) is 2.32. The lowest BCUT2D eigenvalue weighted by molar-refractivity contribution is 0.189. The van der Waals surface area contributed by atoms with Gasteiger partial charge in [-0.1, -0.05) is 37.6 Å². The van der Waals surface area contributed by atoms with Crippen LogP contribution >= 0.6 is 0 Å². The van der Waals surface area contributed by atoms with E-state index in [-0.39, 0.29) is 0 Å². The lowest BCUT2D eigenvalue weighted by Crippen LogP contribution is -2.34. The van der Waals surface area contributed by atoms with E-state index in [0.717, 1.165) is 24.9 Å². The number of hydrogen-bond acceptors (Lipinski definition) is 2. The summed E-state index contributed by atoms with van der Waals surface area (Å²) < 4.78 is 0. The Balaban J connectivity index is 1.84. The maximum atomic E-state index is 3.59. The van der Waals surface area contributed by atoms with Crippen molar-refractivity contribution in [3.63, 3.8) is 0 Å². The molecule has 2 unspecified atom stereocenters. The van der Waals surface area contributed by atoms with Gasteiger partial charge in [0.25, 0.3) is 0 Å². The molecule has 1 saturated heterocycles. The molecular formula is C19H30N2. The Bertz CT molecular complexity index is 453. The van der Waals surface area contributed by atoms with Crippen LogP contribution in [-0.2, 0) is 0 Å². The summed E-state index contributed by atoms with van der Waals surface area (Å²) in [6.07, 6.45) is 6.86. The fourth-order valence-corrected chi connectivity index (χ4v) is 3.91. The molecule has 2 fully saturated rings. The second-order valence-corrected chi connectivity index (χ2v) is 6.93. The molecule has 116 valence electrons. The van der Waals surface area contributed by atoms with Gasteiger partial charge in [-0.2, -0.15) is 0 Å². The largest absolute Gasteiger partial charge is 0.317 e. The van der Waals surface area contributed by atoms with Gasteiger partial charge in [-0.15, -0.1) is 0 Å². The predicted octanol–water partition coefficient (Wildman–Crippen LogP) is 3.95. The summed E-state index contributed by atoms with van der Waals surface area (Å²) in [4.78, 5) is 2.60. The van der Waals surface area contributed by atoms with Gasteiger partial charge in [0.1, 0.15) is 0 Å². The predicted molar refractivity (Wildman–Crippen MR) is 89.7 cm³/mol. The Morgan fingerprint density at radius 1 is 1.14 bits per heavy atom. The van der Waals surface area contributed by atoms with Crippen molar-refractivity contribution in [2.24, 2.45) is 5.92 Å². The first kappa shape index (κ1) is 15.1. The van der Waals surface area contributed by atoms with E-state index in [4.69, 9.17) is 0 Å². The minimum absolute atomic E-state index is 0.588. The fourth-order valence-electron chi connectivity index (χ4n) is 3.91. The van der Waals surface area contributed by atoms with E-state index in [1.807, 2.05) is 0 Å². The topological polar surface area (TPSA) is 15.3 Å². The molecule has 21 heavy (non-hydrogen) atoms. The summed E-state index contributed by atoms with van der Waals surface area (Å²) in [6, 6.07) is 10.1. The fraction of sp³-hybridized carbons (Fsp3) is 0.684. The Morgan fingerprint density at radius 3 is 2.71 bits per heavy atom. The first-order valence-electron chi connectivity index (χ1n) is 8.80. The van der Waals surface area contributed by atoms with Crippen molar-refractivity contribution in [2.45, 2.75) is 51.0 Å². The van der Waals surface area contributed by atoms with Crippen molar-refractivity contribution >= 4 is 0 Å². The van der Waals surface area contributed by atoms with Gasteiger partial charge in [0.2, 0.25) is 0 Å². The van der Waals surface area contributed by atoms with Crippen LogP contribution in [0.4, 0.5) is 0 Å². The molecule has 0 spiro atoms. The summed E-state index contributed by atoms with van der Waals surface area (Å²) in [5.41, 5.74) is 3.12. The molecule has 1 saturated carbocycles. The zero-order chi connectivity index (χ0) is 14.7. The normalized spacial score (nSPS) is 27.5. The van der Waals surface area contributed by atoms with Gasteiger partial charge in [-0.25, -0.2) is 0 Å². The summed E-state index contributed by atoms with van der Waals surface area (Å²) in [5.74, 6) is 1.60. The lowest BCUT2D eigenvalue weighted by atomic mass is 9.88. The van der Waals surface area contributed by atoms with Crippen molar-refractivity contribution in [1.29, 1.82) is 0 Å². The summed E-state index contributed by atoms with van der Waals surface area (Å²) in [6.45, 7) is 5.68. The highest BCUT2D eigenvalue weighted by molar-refractivity contribution is 5.31. The third-order valence-corrected chi connectivity index (χ3v) is 5.21. The molecule has 1 N–H and O–H groups in total. The van der Waals surface area contributed by atoms with Crippen LogP contribution < -0.4 is 5.32 Å². The monoisotopic (exact) mass is 286 g/mol. The van der Waals surface area contributed by atoms with Gasteiger partial charge >= 0.3 is 0 Å². The summed E-state index contributed by atoms with van der Waals surface area (Å²) >= 11 is 0. The highest BCUT2D eigenvalue weighted by Crippen LogP contribution is 2.42. The molecular weight excluding hydrogens is 256 g/mol. The second kappa shape index (κ2) is 6.93. The third-order valence-electron chi connectivity index (χ3n) is 5.21. The third kappa shape index (κ3) is 3.67. The maximum Gasteiger partial charge on any atom is 0.0385 e. The molecule has 1 heterocycles. The standard InChI is InChI=1S/C19H30N2/c1-3-20-14-18-7-4-5-12-21(2)19(18)17-9-6-8-16(13-17)15-10-11-15/h6,8-9,13,15,18-20H,3-5,7,10-12,14H2,1-2H3. The van der Waals surface area contributed by atoms with Crippen LogP contribution in [0, 0.1) is 5.92 Å². The zero-order valence-electron chi connectivity index (χ0n) is 13.6. The average molecular weight is 286 g/mol. The van der Waals surface area contributed by atoms with Gasteiger partial charge in [0.05, 0.1) is 0 Å². The molecule has 2 aliphatic rings. The molecule has 2 atom stereocenters. The highest BCUT2D eigenvalue weighted by atomic mass is 15.1. The molecule has 1 aromatic rings. The minimum Gasteiger partial charge on any atom is -0.317 e. The van der Waals surface area contributed by atoms with Crippen LogP contribution in [0.1, 0.15) is 62.1 Å². The van der Waals surface area contributed by atoms with E-state index in [1.165, 1.54) is 38.6 Å².